The molecular formula is C11H11ClN4O2S2. The summed E-state index contributed by atoms with van der Waals surface area (Å²) in [6.07, 6.45) is 0. The molecule has 0 spiro atoms. The third-order valence-electron chi connectivity index (χ3n) is 2.35. The number of thioether (sulfide) groups is 1. The zero-order chi connectivity index (χ0) is 14.7. The molecule has 0 saturated heterocycles. The summed E-state index contributed by atoms with van der Waals surface area (Å²) >= 11 is 8.74. The highest BCUT2D eigenvalue weighted by Gasteiger charge is 2.13. The summed E-state index contributed by atoms with van der Waals surface area (Å²) in [7, 11) is 3.80. The lowest BCUT2D eigenvalue weighted by Gasteiger charge is -2.03. The van der Waals surface area contributed by atoms with Crippen LogP contribution in [0.2, 0.25) is 5.02 Å². The van der Waals surface area contributed by atoms with E-state index in [1.807, 2.05) is 19.0 Å². The first kappa shape index (κ1) is 15.0. The van der Waals surface area contributed by atoms with E-state index in [1.54, 1.807) is 12.1 Å². The molecule has 0 bridgehead atoms. The van der Waals surface area contributed by atoms with Crippen LogP contribution in [0, 0.1) is 10.1 Å². The molecule has 0 unspecified atom stereocenters. The fourth-order valence-electron chi connectivity index (χ4n) is 1.37. The van der Waals surface area contributed by atoms with Gasteiger partial charge in [-0.3, -0.25) is 10.1 Å². The number of hydrogen-bond acceptors (Lipinski definition) is 7. The Morgan fingerprint density at radius 3 is 2.80 bits per heavy atom. The lowest BCUT2D eigenvalue weighted by Crippen LogP contribution is -2.07. The average molecular weight is 331 g/mol. The molecule has 20 heavy (non-hydrogen) atoms. The van der Waals surface area contributed by atoms with Crippen LogP contribution in [-0.4, -0.2) is 29.2 Å². The van der Waals surface area contributed by atoms with Crippen LogP contribution in [0.15, 0.2) is 22.5 Å². The molecule has 1 heterocycles. The number of rotatable bonds is 5. The Morgan fingerprint density at radius 2 is 2.20 bits per heavy atom. The Balaban J connectivity index is 2.06. The van der Waals surface area contributed by atoms with Crippen molar-refractivity contribution in [3.8, 4) is 0 Å². The molecule has 106 valence electrons. The van der Waals surface area contributed by atoms with Crippen LogP contribution in [0.4, 0.5) is 10.8 Å². The maximum Gasteiger partial charge on any atom is 0.288 e. The Bertz CT molecular complexity index is 633. The molecule has 0 fully saturated rings. The van der Waals surface area contributed by atoms with Crippen LogP contribution < -0.4 is 4.90 Å². The molecule has 0 N–H and O–H groups in total. The SMILES string of the molecule is CN(C)c1nnc(SCc2ccc(Cl)c([N+](=O)[O-])c2)s1. The van der Waals surface area contributed by atoms with Gasteiger partial charge in [-0.25, -0.2) is 0 Å². The maximum absolute atomic E-state index is 10.8. The fraction of sp³-hybridized carbons (Fsp3) is 0.273. The van der Waals surface area contributed by atoms with Crippen LogP contribution in [0.25, 0.3) is 0 Å². The van der Waals surface area contributed by atoms with Crippen LogP contribution >= 0.6 is 34.7 Å². The van der Waals surface area contributed by atoms with Gasteiger partial charge in [0.2, 0.25) is 5.13 Å². The lowest BCUT2D eigenvalue weighted by atomic mass is 10.2. The van der Waals surface area contributed by atoms with E-state index in [4.69, 9.17) is 11.6 Å². The predicted octanol–water partition coefficient (Wildman–Crippen LogP) is 3.46. The Hall–Kier alpha value is -1.38. The van der Waals surface area contributed by atoms with Gasteiger partial charge in [0.15, 0.2) is 4.34 Å². The largest absolute Gasteiger partial charge is 0.353 e. The zero-order valence-corrected chi connectivity index (χ0v) is 13.1. The highest BCUT2D eigenvalue weighted by atomic mass is 35.5. The molecule has 9 heteroatoms. The molecule has 6 nitrogen and oxygen atoms in total. The Kier molecular flexibility index (Phi) is 4.79. The summed E-state index contributed by atoms with van der Waals surface area (Å²) in [4.78, 5) is 12.2. The smallest absolute Gasteiger partial charge is 0.288 e. The summed E-state index contributed by atoms with van der Waals surface area (Å²) in [6, 6.07) is 4.81. The summed E-state index contributed by atoms with van der Waals surface area (Å²) in [5.41, 5.74) is 0.753. The van der Waals surface area contributed by atoms with Crippen LogP contribution in [0.5, 0.6) is 0 Å². The van der Waals surface area contributed by atoms with Crippen molar-refractivity contribution in [2.24, 2.45) is 0 Å². The van der Waals surface area contributed by atoms with Crippen LogP contribution in [0.1, 0.15) is 5.56 Å². The average Bonchev–Trinajstić information content (AvgIpc) is 2.86. The van der Waals surface area contributed by atoms with Crippen molar-refractivity contribution in [3.05, 3.63) is 38.9 Å². The van der Waals surface area contributed by atoms with E-state index in [-0.39, 0.29) is 10.7 Å². The van der Waals surface area contributed by atoms with Crippen molar-refractivity contribution in [3.63, 3.8) is 0 Å². The fourth-order valence-corrected chi connectivity index (χ4v) is 3.27. The van der Waals surface area contributed by atoms with E-state index in [0.717, 1.165) is 15.0 Å². The minimum Gasteiger partial charge on any atom is -0.353 e. The van der Waals surface area contributed by atoms with Crippen LogP contribution in [0.3, 0.4) is 0 Å². The normalized spacial score (nSPS) is 10.6. The summed E-state index contributed by atoms with van der Waals surface area (Å²) in [5, 5.41) is 19.9. The van der Waals surface area contributed by atoms with E-state index >= 15 is 0 Å². The molecule has 0 amide bonds. The number of aromatic nitrogens is 2. The molecule has 1 aromatic heterocycles. The second-order valence-corrected chi connectivity index (χ2v) is 6.66. The maximum atomic E-state index is 10.8. The van der Waals surface area contributed by atoms with Gasteiger partial charge in [0.05, 0.1) is 4.92 Å². The van der Waals surface area contributed by atoms with Crippen molar-refractivity contribution in [2.45, 2.75) is 10.1 Å². The molecular weight excluding hydrogens is 320 g/mol. The van der Waals surface area contributed by atoms with Gasteiger partial charge in [0, 0.05) is 25.9 Å². The lowest BCUT2D eigenvalue weighted by molar-refractivity contribution is -0.384. The number of benzene rings is 1. The number of nitrogens with zero attached hydrogens (tertiary/aromatic N) is 4. The predicted molar refractivity (Wildman–Crippen MR) is 81.9 cm³/mol. The van der Waals surface area contributed by atoms with Gasteiger partial charge in [-0.1, -0.05) is 40.8 Å². The van der Waals surface area contributed by atoms with E-state index < -0.39 is 4.92 Å². The third-order valence-corrected chi connectivity index (χ3v) is 4.96. The first-order valence-corrected chi connectivity index (χ1v) is 7.72. The van der Waals surface area contributed by atoms with Gasteiger partial charge in [0.25, 0.3) is 5.69 Å². The topological polar surface area (TPSA) is 72.2 Å². The van der Waals surface area contributed by atoms with Crippen molar-refractivity contribution >= 4 is 45.5 Å². The van der Waals surface area contributed by atoms with Gasteiger partial charge in [-0.15, -0.1) is 10.2 Å². The molecule has 0 aliphatic heterocycles. The molecule has 0 saturated carbocycles. The Morgan fingerprint density at radius 1 is 1.45 bits per heavy atom. The van der Waals surface area contributed by atoms with E-state index in [0.29, 0.717) is 5.75 Å². The minimum atomic E-state index is -0.481. The summed E-state index contributed by atoms with van der Waals surface area (Å²) in [6.45, 7) is 0. The monoisotopic (exact) mass is 330 g/mol. The van der Waals surface area contributed by atoms with Gasteiger partial charge >= 0.3 is 0 Å². The first-order chi connectivity index (χ1) is 9.47. The van der Waals surface area contributed by atoms with E-state index in [9.17, 15) is 10.1 Å². The second-order valence-electron chi connectivity index (χ2n) is 4.08. The molecule has 0 atom stereocenters. The van der Waals surface area contributed by atoms with Crippen molar-refractivity contribution in [2.75, 3.05) is 19.0 Å². The van der Waals surface area contributed by atoms with Crippen molar-refractivity contribution in [1.29, 1.82) is 0 Å². The number of nitro groups is 1. The number of nitro benzene ring substituents is 1. The standard InChI is InChI=1S/C11H11ClN4O2S2/c1-15(2)10-13-14-11(20-10)19-6-7-3-4-8(12)9(5-7)16(17)18/h3-5H,6H2,1-2H3. The summed E-state index contributed by atoms with van der Waals surface area (Å²) < 4.78 is 0.825. The first-order valence-electron chi connectivity index (χ1n) is 5.54. The van der Waals surface area contributed by atoms with Gasteiger partial charge < -0.3 is 4.90 Å². The third kappa shape index (κ3) is 3.59. The zero-order valence-electron chi connectivity index (χ0n) is 10.7. The van der Waals surface area contributed by atoms with E-state index in [1.165, 1.54) is 29.2 Å². The number of anilines is 1. The molecule has 0 aliphatic rings. The number of halogens is 1. The molecule has 2 aromatic rings. The van der Waals surface area contributed by atoms with E-state index in [2.05, 4.69) is 10.2 Å². The molecule has 2 rings (SSSR count). The highest BCUT2D eigenvalue weighted by molar-refractivity contribution is 8.00. The number of hydrogen-bond donors (Lipinski definition) is 0. The molecule has 0 aliphatic carbocycles. The van der Waals surface area contributed by atoms with Crippen LogP contribution in [-0.2, 0) is 5.75 Å². The molecule has 1 aromatic carbocycles. The van der Waals surface area contributed by atoms with Gasteiger partial charge in [-0.2, -0.15) is 0 Å². The quantitative estimate of drug-likeness (QED) is 0.475. The highest BCUT2D eigenvalue weighted by Crippen LogP contribution is 2.31. The Labute approximate surface area is 128 Å². The van der Waals surface area contributed by atoms with Crippen molar-refractivity contribution < 1.29 is 4.92 Å². The second kappa shape index (κ2) is 6.38. The van der Waals surface area contributed by atoms with Gasteiger partial charge in [0.1, 0.15) is 5.02 Å². The summed E-state index contributed by atoms with van der Waals surface area (Å²) in [5.74, 6) is 0.583. The van der Waals surface area contributed by atoms with Gasteiger partial charge in [-0.05, 0) is 11.6 Å². The minimum absolute atomic E-state index is 0.0731. The van der Waals surface area contributed by atoms with Crippen molar-refractivity contribution in [1.82, 2.24) is 10.2 Å². The molecule has 0 radical (unpaired) electrons.